The monoisotopic (exact) mass is 294 g/mol. The van der Waals surface area contributed by atoms with Crippen molar-refractivity contribution in [3.63, 3.8) is 0 Å². The maximum Gasteiger partial charge on any atom is 0.0987 e. The van der Waals surface area contributed by atoms with Crippen molar-refractivity contribution in [1.82, 2.24) is 9.55 Å². The van der Waals surface area contributed by atoms with Gasteiger partial charge in [0, 0.05) is 34.6 Å². The third-order valence-electron chi connectivity index (χ3n) is 2.66. The molecule has 0 saturated carbocycles. The van der Waals surface area contributed by atoms with Crippen molar-refractivity contribution in [3.05, 3.63) is 57.8 Å². The first kappa shape index (κ1) is 12.2. The highest BCUT2D eigenvalue weighted by atomic mass is 35.5. The average Bonchev–Trinajstić information content (AvgIpc) is 3.02. The van der Waals surface area contributed by atoms with Crippen LogP contribution in [0.5, 0.6) is 0 Å². The van der Waals surface area contributed by atoms with E-state index in [2.05, 4.69) is 23.3 Å². The van der Waals surface area contributed by atoms with Gasteiger partial charge in [0.25, 0.3) is 0 Å². The molecule has 1 aromatic carbocycles. The minimum absolute atomic E-state index is 0.516. The molecule has 2 aromatic rings. The highest BCUT2D eigenvalue weighted by molar-refractivity contribution is 8.25. The molecule has 1 atom stereocenters. The van der Waals surface area contributed by atoms with Crippen molar-refractivity contribution >= 4 is 41.3 Å². The van der Waals surface area contributed by atoms with Crippen LogP contribution >= 0.6 is 35.1 Å². The van der Waals surface area contributed by atoms with Crippen LogP contribution in [0.4, 0.5) is 0 Å². The van der Waals surface area contributed by atoms with Gasteiger partial charge in [0.15, 0.2) is 0 Å². The van der Waals surface area contributed by atoms with E-state index >= 15 is 0 Å². The van der Waals surface area contributed by atoms with Crippen molar-refractivity contribution in [1.29, 1.82) is 0 Å². The van der Waals surface area contributed by atoms with Gasteiger partial charge in [-0.3, -0.25) is 0 Å². The number of nitrogens with zero attached hydrogens (tertiary/aromatic N) is 2. The summed E-state index contributed by atoms with van der Waals surface area (Å²) < 4.78 is 3.31. The number of benzene rings is 1. The van der Waals surface area contributed by atoms with Gasteiger partial charge in [-0.15, -0.1) is 23.5 Å². The summed E-state index contributed by atoms with van der Waals surface area (Å²) >= 11 is 9.70. The second-order valence-electron chi connectivity index (χ2n) is 3.93. The maximum absolute atomic E-state index is 5.91. The minimum atomic E-state index is 0.516. The lowest BCUT2D eigenvalue weighted by Gasteiger charge is -2.07. The lowest BCUT2D eigenvalue weighted by Crippen LogP contribution is -1.90. The zero-order valence-corrected chi connectivity index (χ0v) is 11.9. The smallest absolute Gasteiger partial charge is 0.0987 e. The number of hydrogen-bond acceptors (Lipinski definition) is 3. The molecular formula is C13H11ClN2S2. The van der Waals surface area contributed by atoms with E-state index in [1.165, 1.54) is 9.80 Å². The van der Waals surface area contributed by atoms with Crippen LogP contribution in [-0.2, 0) is 0 Å². The summed E-state index contributed by atoms with van der Waals surface area (Å²) in [6, 6.07) is 8.14. The van der Waals surface area contributed by atoms with E-state index < -0.39 is 0 Å². The van der Waals surface area contributed by atoms with Crippen molar-refractivity contribution in [3.8, 4) is 0 Å². The highest BCUT2D eigenvalue weighted by Gasteiger charge is 2.22. The zero-order valence-electron chi connectivity index (χ0n) is 9.49. The standard InChI is InChI=1S/C13H11ClN2S2/c14-11-3-1-10(2-4-11)12-8-17-13(18-12)7-16-6-5-15-9-16/h1-7,9,12H,8H2/b13-7-. The van der Waals surface area contributed by atoms with Gasteiger partial charge < -0.3 is 4.57 Å². The summed E-state index contributed by atoms with van der Waals surface area (Å²) in [6.45, 7) is 0. The predicted octanol–water partition coefficient (Wildman–Crippen LogP) is 4.51. The third-order valence-corrected chi connectivity index (χ3v) is 5.71. The number of imidazole rings is 1. The molecule has 1 aliphatic rings. The average molecular weight is 295 g/mol. The third kappa shape index (κ3) is 2.76. The van der Waals surface area contributed by atoms with E-state index in [4.69, 9.17) is 11.6 Å². The molecule has 92 valence electrons. The van der Waals surface area contributed by atoms with E-state index in [0.29, 0.717) is 5.25 Å². The van der Waals surface area contributed by atoms with Gasteiger partial charge in [0.2, 0.25) is 0 Å². The molecule has 2 heterocycles. The fourth-order valence-corrected chi connectivity index (χ4v) is 4.63. The molecule has 3 rings (SSSR count). The molecule has 0 spiro atoms. The Bertz CT molecular complexity index is 549. The van der Waals surface area contributed by atoms with Gasteiger partial charge in [0.1, 0.15) is 0 Å². The number of aromatic nitrogens is 2. The SMILES string of the molecule is Clc1ccc(C2CS/C(=C/n3ccnc3)S2)cc1. The molecule has 0 amide bonds. The summed E-state index contributed by atoms with van der Waals surface area (Å²) in [5.74, 6) is 1.10. The number of hydrogen-bond donors (Lipinski definition) is 0. The summed E-state index contributed by atoms with van der Waals surface area (Å²) in [5.41, 5.74) is 1.34. The van der Waals surface area contributed by atoms with Gasteiger partial charge in [-0.1, -0.05) is 23.7 Å². The summed E-state index contributed by atoms with van der Waals surface area (Å²) in [5, 5.41) is 1.31. The zero-order chi connectivity index (χ0) is 12.4. The van der Waals surface area contributed by atoms with Gasteiger partial charge >= 0.3 is 0 Å². The predicted molar refractivity (Wildman–Crippen MR) is 80.7 cm³/mol. The molecular weight excluding hydrogens is 284 g/mol. The molecule has 0 bridgehead atoms. The van der Waals surface area contributed by atoms with Crippen molar-refractivity contribution in [2.75, 3.05) is 5.75 Å². The highest BCUT2D eigenvalue weighted by Crippen LogP contribution is 2.50. The second kappa shape index (κ2) is 5.43. The Morgan fingerprint density at radius 2 is 2.17 bits per heavy atom. The molecule has 1 saturated heterocycles. The Balaban J connectivity index is 1.73. The lowest BCUT2D eigenvalue weighted by atomic mass is 10.2. The van der Waals surface area contributed by atoms with E-state index in [9.17, 15) is 0 Å². The molecule has 5 heteroatoms. The number of halogens is 1. The summed E-state index contributed by atoms with van der Waals surface area (Å²) in [4.78, 5) is 4.04. The molecule has 1 aromatic heterocycles. The molecule has 1 unspecified atom stereocenters. The van der Waals surface area contributed by atoms with Crippen molar-refractivity contribution in [2.45, 2.75) is 5.25 Å². The normalized spacial score (nSPS) is 21.6. The van der Waals surface area contributed by atoms with Crippen LogP contribution in [0.1, 0.15) is 10.8 Å². The maximum atomic E-state index is 5.91. The fourth-order valence-electron chi connectivity index (χ4n) is 1.74. The molecule has 1 aliphatic heterocycles. The summed E-state index contributed by atoms with van der Waals surface area (Å²) in [7, 11) is 0. The van der Waals surface area contributed by atoms with E-state index in [1.807, 2.05) is 52.7 Å². The van der Waals surface area contributed by atoms with E-state index in [1.54, 1.807) is 6.20 Å². The van der Waals surface area contributed by atoms with Crippen LogP contribution in [0, 0.1) is 0 Å². The minimum Gasteiger partial charge on any atom is -0.311 e. The number of thioether (sulfide) groups is 2. The second-order valence-corrected chi connectivity index (χ2v) is 6.93. The molecule has 1 fully saturated rings. The van der Waals surface area contributed by atoms with Crippen LogP contribution in [0.2, 0.25) is 5.02 Å². The van der Waals surface area contributed by atoms with E-state index in [-0.39, 0.29) is 0 Å². The van der Waals surface area contributed by atoms with Gasteiger partial charge in [-0.2, -0.15) is 0 Å². The largest absolute Gasteiger partial charge is 0.311 e. The fraction of sp³-hybridized carbons (Fsp3) is 0.154. The van der Waals surface area contributed by atoms with E-state index in [0.717, 1.165) is 10.8 Å². The van der Waals surface area contributed by atoms with Crippen LogP contribution < -0.4 is 0 Å². The van der Waals surface area contributed by atoms with Gasteiger partial charge in [0.05, 0.1) is 10.6 Å². The molecule has 0 aliphatic carbocycles. The van der Waals surface area contributed by atoms with Crippen LogP contribution in [-0.4, -0.2) is 15.3 Å². The van der Waals surface area contributed by atoms with Crippen molar-refractivity contribution in [2.24, 2.45) is 0 Å². The summed E-state index contributed by atoms with van der Waals surface area (Å²) in [6.07, 6.45) is 7.67. The van der Waals surface area contributed by atoms with Gasteiger partial charge in [-0.05, 0) is 17.7 Å². The number of rotatable bonds is 2. The first-order chi connectivity index (χ1) is 8.81. The first-order valence-electron chi connectivity index (χ1n) is 5.55. The Kier molecular flexibility index (Phi) is 3.68. The topological polar surface area (TPSA) is 17.8 Å². The first-order valence-corrected chi connectivity index (χ1v) is 7.80. The Hall–Kier alpha value is -0.840. The van der Waals surface area contributed by atoms with Crippen LogP contribution in [0.3, 0.4) is 0 Å². The molecule has 18 heavy (non-hydrogen) atoms. The quantitative estimate of drug-likeness (QED) is 0.811. The Labute approximate surface area is 119 Å². The van der Waals surface area contributed by atoms with Crippen molar-refractivity contribution < 1.29 is 0 Å². The molecule has 0 N–H and O–H groups in total. The molecule has 0 radical (unpaired) electrons. The van der Waals surface area contributed by atoms with Crippen LogP contribution in [0.25, 0.3) is 6.20 Å². The lowest BCUT2D eigenvalue weighted by molar-refractivity contribution is 1.13. The Morgan fingerprint density at radius 3 is 2.89 bits per heavy atom. The Morgan fingerprint density at radius 1 is 1.33 bits per heavy atom. The van der Waals surface area contributed by atoms with Crippen LogP contribution in [0.15, 0.2) is 47.2 Å². The molecule has 2 nitrogen and oxygen atoms in total. The van der Waals surface area contributed by atoms with Gasteiger partial charge in [-0.25, -0.2) is 4.98 Å².